The number of fused-ring (bicyclic) bond motifs is 2. The first-order valence-corrected chi connectivity index (χ1v) is 14.1. The number of carbonyl (C=O) groups excluding carboxylic acids is 1. The van der Waals surface area contributed by atoms with Gasteiger partial charge in [0.25, 0.3) is 0 Å². The maximum Gasteiger partial charge on any atom is 0.248 e. The Labute approximate surface area is 222 Å². The van der Waals surface area contributed by atoms with E-state index in [0.29, 0.717) is 36.2 Å². The summed E-state index contributed by atoms with van der Waals surface area (Å²) in [6, 6.07) is 5.38. The number of pyridine rings is 1. The number of aryl methyl sites for hydroxylation is 1. The summed E-state index contributed by atoms with van der Waals surface area (Å²) in [5.41, 5.74) is 0.475. The number of rotatable bonds is 8. The largest absolute Gasteiger partial charge is 0.347 e. The maximum absolute atomic E-state index is 14.0. The molecule has 2 aromatic heterocycles. The molecule has 1 aliphatic carbocycles. The Morgan fingerprint density at radius 1 is 1.08 bits per heavy atom. The minimum atomic E-state index is -2.69. The number of nitrogens with zero attached hydrogens (tertiary/aromatic N) is 5. The fourth-order valence-electron chi connectivity index (χ4n) is 6.83. The molecular weight excluding hydrogens is 493 g/mol. The first-order valence-electron chi connectivity index (χ1n) is 14.1. The van der Waals surface area contributed by atoms with E-state index in [1.807, 2.05) is 6.92 Å². The summed E-state index contributed by atoms with van der Waals surface area (Å²) >= 11 is 0. The number of amides is 1. The minimum absolute atomic E-state index is 0.167. The van der Waals surface area contributed by atoms with Gasteiger partial charge in [0.1, 0.15) is 11.6 Å². The first-order chi connectivity index (χ1) is 18.1. The number of hydrogen-bond donors (Lipinski definition) is 1. The first kappa shape index (κ1) is 27.1. The molecule has 2 bridgehead atoms. The summed E-state index contributed by atoms with van der Waals surface area (Å²) in [6.45, 7) is 7.08. The van der Waals surface area contributed by atoms with Crippen LogP contribution in [0.15, 0.2) is 18.2 Å². The Balaban J connectivity index is 1.26. The number of halogens is 3. The highest BCUT2D eigenvalue weighted by atomic mass is 19.3. The molecule has 2 aromatic rings. The van der Waals surface area contributed by atoms with E-state index in [0.717, 1.165) is 43.9 Å². The molecule has 0 aromatic carbocycles. The Hall–Kier alpha value is -2.49. The van der Waals surface area contributed by atoms with Crippen LogP contribution in [-0.4, -0.2) is 55.1 Å². The third-order valence-electron chi connectivity index (χ3n) is 8.81. The Kier molecular flexibility index (Phi) is 7.80. The van der Waals surface area contributed by atoms with Crippen molar-refractivity contribution >= 4 is 5.91 Å². The predicted octanol–water partition coefficient (Wildman–Crippen LogP) is 5.49. The molecule has 4 atom stereocenters. The normalized spacial score (nSPS) is 26.6. The summed E-state index contributed by atoms with van der Waals surface area (Å²) in [5.74, 6) is -1.64. The summed E-state index contributed by atoms with van der Waals surface area (Å²) in [6.07, 6.45) is 4.71. The van der Waals surface area contributed by atoms with E-state index in [-0.39, 0.29) is 31.6 Å². The highest BCUT2D eigenvalue weighted by Crippen LogP contribution is 2.42. The molecule has 10 heteroatoms. The van der Waals surface area contributed by atoms with Crippen LogP contribution in [0.2, 0.25) is 0 Å². The molecule has 2 saturated heterocycles. The van der Waals surface area contributed by atoms with Crippen molar-refractivity contribution in [2.45, 2.75) is 115 Å². The summed E-state index contributed by atoms with van der Waals surface area (Å²) in [5, 5.41) is 11.8. The second-order valence-corrected chi connectivity index (χ2v) is 11.7. The van der Waals surface area contributed by atoms with Crippen molar-refractivity contribution in [2.75, 3.05) is 6.54 Å². The standard InChI is InChI=1S/C28H39F3N6O/c1-17(2)26-35-34-18(3)37(26)22-15-20-7-8-21(16-22)36(20)14-11-24(23-5-4-6-25(29)32-23)33-27(38)19-9-12-28(30,31)13-10-19/h4-6,17,19-22,24H,7-16H2,1-3H3,(H,33,38)/t20-,21+,22?,24-/m0/s1. The fraction of sp³-hybridized carbons (Fsp3) is 0.714. The van der Waals surface area contributed by atoms with Crippen LogP contribution in [0.25, 0.3) is 0 Å². The maximum atomic E-state index is 14.0. The van der Waals surface area contributed by atoms with Gasteiger partial charge in [-0.3, -0.25) is 9.69 Å². The zero-order valence-corrected chi connectivity index (χ0v) is 22.5. The molecule has 3 aliphatic rings. The van der Waals surface area contributed by atoms with Gasteiger partial charge in [-0.05, 0) is 64.0 Å². The highest BCUT2D eigenvalue weighted by Gasteiger charge is 2.43. The quantitative estimate of drug-likeness (QED) is 0.456. The molecule has 0 spiro atoms. The van der Waals surface area contributed by atoms with Crippen LogP contribution in [-0.2, 0) is 4.79 Å². The van der Waals surface area contributed by atoms with Gasteiger partial charge in [-0.25, -0.2) is 13.8 Å². The second-order valence-electron chi connectivity index (χ2n) is 11.7. The van der Waals surface area contributed by atoms with Gasteiger partial charge < -0.3 is 9.88 Å². The average molecular weight is 533 g/mol. The van der Waals surface area contributed by atoms with Crippen LogP contribution < -0.4 is 5.32 Å². The molecule has 7 nitrogen and oxygen atoms in total. The number of aromatic nitrogens is 4. The van der Waals surface area contributed by atoms with Crippen molar-refractivity contribution in [3.8, 4) is 0 Å². The summed E-state index contributed by atoms with van der Waals surface area (Å²) < 4.78 is 43.6. The SMILES string of the molecule is Cc1nnc(C(C)C)n1C1C[C@H]2CC[C@@H](C1)N2CC[C@H](NC(=O)C1CCC(F)(F)CC1)c1cccc(F)n1. The van der Waals surface area contributed by atoms with Gasteiger partial charge in [0.2, 0.25) is 17.8 Å². The van der Waals surface area contributed by atoms with Crippen molar-refractivity contribution < 1.29 is 18.0 Å². The lowest BCUT2D eigenvalue weighted by Gasteiger charge is -2.40. The third kappa shape index (κ3) is 5.75. The van der Waals surface area contributed by atoms with Crippen LogP contribution >= 0.6 is 0 Å². The lowest BCUT2D eigenvalue weighted by molar-refractivity contribution is -0.130. The molecular formula is C28H39F3N6O. The van der Waals surface area contributed by atoms with Crippen LogP contribution in [0.3, 0.4) is 0 Å². The average Bonchev–Trinajstić information content (AvgIpc) is 3.36. The third-order valence-corrected chi connectivity index (χ3v) is 8.81. The lowest BCUT2D eigenvalue weighted by Crippen LogP contribution is -2.45. The van der Waals surface area contributed by atoms with Gasteiger partial charge >= 0.3 is 0 Å². The summed E-state index contributed by atoms with van der Waals surface area (Å²) in [4.78, 5) is 19.7. The van der Waals surface area contributed by atoms with Crippen molar-refractivity contribution in [1.82, 2.24) is 30.0 Å². The van der Waals surface area contributed by atoms with Crippen LogP contribution in [0.1, 0.15) is 107 Å². The van der Waals surface area contributed by atoms with E-state index in [9.17, 15) is 18.0 Å². The van der Waals surface area contributed by atoms with E-state index >= 15 is 0 Å². The minimum Gasteiger partial charge on any atom is -0.347 e. The smallest absolute Gasteiger partial charge is 0.248 e. The molecule has 1 N–H and O–H groups in total. The van der Waals surface area contributed by atoms with Crippen molar-refractivity contribution in [3.63, 3.8) is 0 Å². The number of alkyl halides is 2. The van der Waals surface area contributed by atoms with E-state index in [2.05, 4.69) is 43.8 Å². The molecule has 1 saturated carbocycles. The number of nitrogens with one attached hydrogen (secondary N) is 1. The molecule has 208 valence electrons. The lowest BCUT2D eigenvalue weighted by atomic mass is 9.86. The Morgan fingerprint density at radius 2 is 1.76 bits per heavy atom. The zero-order chi connectivity index (χ0) is 27.0. The van der Waals surface area contributed by atoms with Gasteiger partial charge in [-0.15, -0.1) is 10.2 Å². The van der Waals surface area contributed by atoms with Gasteiger partial charge in [0, 0.05) is 49.3 Å². The van der Waals surface area contributed by atoms with Crippen LogP contribution in [0.4, 0.5) is 13.2 Å². The van der Waals surface area contributed by atoms with Gasteiger partial charge in [-0.1, -0.05) is 19.9 Å². The molecule has 38 heavy (non-hydrogen) atoms. The van der Waals surface area contributed by atoms with E-state index in [1.54, 1.807) is 12.1 Å². The molecule has 1 amide bonds. The van der Waals surface area contributed by atoms with Crippen LogP contribution in [0, 0.1) is 18.8 Å². The van der Waals surface area contributed by atoms with Gasteiger partial charge in [0.05, 0.1) is 11.7 Å². The van der Waals surface area contributed by atoms with Crippen molar-refractivity contribution in [3.05, 3.63) is 41.5 Å². The Bertz CT molecular complexity index is 1110. The van der Waals surface area contributed by atoms with Crippen LogP contribution in [0.5, 0.6) is 0 Å². The topological polar surface area (TPSA) is 75.9 Å². The van der Waals surface area contributed by atoms with Crippen molar-refractivity contribution in [1.29, 1.82) is 0 Å². The van der Waals surface area contributed by atoms with Crippen molar-refractivity contribution in [2.24, 2.45) is 5.92 Å². The number of carbonyl (C=O) groups is 1. The highest BCUT2D eigenvalue weighted by molar-refractivity contribution is 5.79. The molecule has 5 rings (SSSR count). The second kappa shape index (κ2) is 10.9. The van der Waals surface area contributed by atoms with E-state index in [1.165, 1.54) is 6.07 Å². The monoisotopic (exact) mass is 532 g/mol. The molecule has 0 radical (unpaired) electrons. The Morgan fingerprint density at radius 3 is 2.39 bits per heavy atom. The van der Waals surface area contributed by atoms with E-state index < -0.39 is 23.8 Å². The number of hydrogen-bond acceptors (Lipinski definition) is 5. The van der Waals surface area contributed by atoms with E-state index in [4.69, 9.17) is 0 Å². The molecule has 4 heterocycles. The van der Waals surface area contributed by atoms with Gasteiger partial charge in [-0.2, -0.15) is 4.39 Å². The molecule has 2 aliphatic heterocycles. The molecule has 3 fully saturated rings. The predicted molar refractivity (Wildman–Crippen MR) is 137 cm³/mol. The zero-order valence-electron chi connectivity index (χ0n) is 22.5. The van der Waals surface area contributed by atoms with Gasteiger partial charge in [0.15, 0.2) is 0 Å². The number of piperidine rings is 1. The fourth-order valence-corrected chi connectivity index (χ4v) is 6.83. The summed E-state index contributed by atoms with van der Waals surface area (Å²) in [7, 11) is 0. The molecule has 1 unspecified atom stereocenters.